The van der Waals surface area contributed by atoms with Crippen molar-refractivity contribution >= 4 is 29.0 Å². The molecular formula is C21H23NO6S. The average molecular weight is 417 g/mol. The van der Waals surface area contributed by atoms with Gasteiger partial charge in [0.15, 0.2) is 6.61 Å². The van der Waals surface area contributed by atoms with E-state index in [1.807, 2.05) is 6.92 Å². The third-order valence-electron chi connectivity index (χ3n) is 4.60. The Morgan fingerprint density at radius 3 is 2.62 bits per heavy atom. The molecule has 2 aromatic rings. The Kier molecular flexibility index (Phi) is 7.00. The van der Waals surface area contributed by atoms with Crippen LogP contribution in [0.5, 0.6) is 5.75 Å². The maximum Gasteiger partial charge on any atom is 0.338 e. The SMILES string of the molecule is COc1cc(C(=O)OCC(=O)c2ccc(CC(=O)N3CCOCC3)s2)ccc1C. The Balaban J connectivity index is 1.53. The highest BCUT2D eigenvalue weighted by Crippen LogP contribution is 2.21. The smallest absolute Gasteiger partial charge is 0.338 e. The predicted octanol–water partition coefficient (Wildman–Crippen LogP) is 2.51. The largest absolute Gasteiger partial charge is 0.496 e. The summed E-state index contributed by atoms with van der Waals surface area (Å²) in [5.41, 5.74) is 1.22. The molecule has 1 aromatic carbocycles. The van der Waals surface area contributed by atoms with E-state index in [0.717, 1.165) is 10.4 Å². The van der Waals surface area contributed by atoms with Crippen LogP contribution >= 0.6 is 11.3 Å². The first-order chi connectivity index (χ1) is 14.0. The molecule has 1 aliphatic heterocycles. The molecule has 0 saturated carbocycles. The fourth-order valence-electron chi connectivity index (χ4n) is 2.93. The number of morpholine rings is 1. The lowest BCUT2D eigenvalue weighted by Gasteiger charge is -2.26. The van der Waals surface area contributed by atoms with Gasteiger partial charge in [0.25, 0.3) is 0 Å². The summed E-state index contributed by atoms with van der Waals surface area (Å²) in [6.45, 7) is 3.81. The number of nitrogens with zero attached hydrogens (tertiary/aromatic N) is 1. The van der Waals surface area contributed by atoms with E-state index < -0.39 is 5.97 Å². The molecule has 3 rings (SSSR count). The van der Waals surface area contributed by atoms with E-state index in [0.29, 0.717) is 42.5 Å². The van der Waals surface area contributed by atoms with Crippen LogP contribution in [0.4, 0.5) is 0 Å². The number of rotatable bonds is 7. The van der Waals surface area contributed by atoms with Gasteiger partial charge >= 0.3 is 5.97 Å². The first-order valence-electron chi connectivity index (χ1n) is 9.27. The zero-order valence-electron chi connectivity index (χ0n) is 16.4. The molecule has 154 valence electrons. The second-order valence-electron chi connectivity index (χ2n) is 6.62. The second-order valence-corrected chi connectivity index (χ2v) is 7.79. The van der Waals surface area contributed by atoms with E-state index >= 15 is 0 Å². The molecule has 29 heavy (non-hydrogen) atoms. The van der Waals surface area contributed by atoms with Gasteiger partial charge in [0.2, 0.25) is 11.7 Å². The summed E-state index contributed by atoms with van der Waals surface area (Å²) < 4.78 is 15.6. The molecule has 1 saturated heterocycles. The van der Waals surface area contributed by atoms with Gasteiger partial charge in [0.05, 0.1) is 37.2 Å². The van der Waals surface area contributed by atoms with Crippen molar-refractivity contribution in [1.82, 2.24) is 4.90 Å². The third kappa shape index (κ3) is 5.42. The monoisotopic (exact) mass is 417 g/mol. The first kappa shape index (κ1) is 21.0. The molecular weight excluding hydrogens is 394 g/mol. The molecule has 0 atom stereocenters. The number of benzene rings is 1. The van der Waals surface area contributed by atoms with Gasteiger partial charge in [-0.15, -0.1) is 11.3 Å². The minimum absolute atomic E-state index is 0.0221. The molecule has 0 bridgehead atoms. The molecule has 1 aliphatic rings. The van der Waals surface area contributed by atoms with Crippen molar-refractivity contribution in [2.75, 3.05) is 40.0 Å². The van der Waals surface area contributed by atoms with E-state index in [2.05, 4.69) is 0 Å². The molecule has 1 fully saturated rings. The van der Waals surface area contributed by atoms with E-state index in [1.54, 1.807) is 35.2 Å². The lowest BCUT2D eigenvalue weighted by Crippen LogP contribution is -2.41. The molecule has 1 aromatic heterocycles. The van der Waals surface area contributed by atoms with Crippen LogP contribution in [-0.2, 0) is 20.7 Å². The Hall–Kier alpha value is -2.71. The first-order valence-corrected chi connectivity index (χ1v) is 10.1. The number of aryl methyl sites for hydroxylation is 1. The highest BCUT2D eigenvalue weighted by Gasteiger charge is 2.19. The predicted molar refractivity (Wildman–Crippen MR) is 108 cm³/mol. The molecule has 8 heteroatoms. The van der Waals surface area contributed by atoms with Crippen LogP contribution in [0.1, 0.15) is 30.5 Å². The van der Waals surface area contributed by atoms with Gasteiger partial charge in [0.1, 0.15) is 5.75 Å². The van der Waals surface area contributed by atoms with Gasteiger partial charge in [-0.3, -0.25) is 9.59 Å². The lowest BCUT2D eigenvalue weighted by atomic mass is 10.1. The molecule has 2 heterocycles. The van der Waals surface area contributed by atoms with Gasteiger partial charge in [-0.25, -0.2) is 4.79 Å². The highest BCUT2D eigenvalue weighted by molar-refractivity contribution is 7.14. The summed E-state index contributed by atoms with van der Waals surface area (Å²) in [4.78, 5) is 39.9. The van der Waals surface area contributed by atoms with Gasteiger partial charge < -0.3 is 19.1 Å². The zero-order valence-corrected chi connectivity index (χ0v) is 17.3. The number of hydrogen-bond acceptors (Lipinski definition) is 7. The van der Waals surface area contributed by atoms with Gasteiger partial charge in [0, 0.05) is 18.0 Å². The van der Waals surface area contributed by atoms with Gasteiger partial charge in [-0.1, -0.05) is 6.07 Å². The number of ether oxygens (including phenoxy) is 3. The number of carbonyl (C=O) groups is 3. The number of Topliss-reactive ketones (excluding diaryl/α,β-unsaturated/α-hetero) is 1. The highest BCUT2D eigenvalue weighted by atomic mass is 32.1. The number of ketones is 1. The molecule has 0 unspecified atom stereocenters. The van der Waals surface area contributed by atoms with E-state index in [-0.39, 0.29) is 24.7 Å². The molecule has 1 amide bonds. The number of hydrogen-bond donors (Lipinski definition) is 0. The average Bonchev–Trinajstić information content (AvgIpc) is 3.21. The molecule has 0 N–H and O–H groups in total. The van der Waals surface area contributed by atoms with Crippen molar-refractivity contribution in [3.8, 4) is 5.75 Å². The van der Waals surface area contributed by atoms with Crippen molar-refractivity contribution in [3.63, 3.8) is 0 Å². The fourth-order valence-corrected chi connectivity index (χ4v) is 3.85. The molecule has 7 nitrogen and oxygen atoms in total. The lowest BCUT2D eigenvalue weighted by molar-refractivity contribution is -0.134. The van der Waals surface area contributed by atoms with Crippen molar-refractivity contribution in [2.45, 2.75) is 13.3 Å². The second kappa shape index (κ2) is 9.67. The Bertz CT molecular complexity index is 900. The van der Waals surface area contributed by atoms with E-state index in [4.69, 9.17) is 14.2 Å². The summed E-state index contributed by atoms with van der Waals surface area (Å²) in [6.07, 6.45) is 0.251. The number of methoxy groups -OCH3 is 1. The van der Waals surface area contributed by atoms with E-state index in [1.165, 1.54) is 18.4 Å². The van der Waals surface area contributed by atoms with Crippen LogP contribution in [0.15, 0.2) is 30.3 Å². The van der Waals surface area contributed by atoms with Crippen molar-refractivity contribution in [2.24, 2.45) is 0 Å². The van der Waals surface area contributed by atoms with Crippen molar-refractivity contribution in [3.05, 3.63) is 51.2 Å². The summed E-state index contributed by atoms with van der Waals surface area (Å²) in [6, 6.07) is 8.41. The van der Waals surface area contributed by atoms with Crippen LogP contribution in [-0.4, -0.2) is 62.6 Å². The molecule has 0 aliphatic carbocycles. The summed E-state index contributed by atoms with van der Waals surface area (Å²) in [7, 11) is 1.53. The standard InChI is InChI=1S/C21H23NO6S/c1-14-3-4-15(11-18(14)26-2)21(25)28-13-17(23)19-6-5-16(29-19)12-20(24)22-7-9-27-10-8-22/h3-6,11H,7-10,12-13H2,1-2H3. The fraction of sp³-hybridized carbons (Fsp3) is 0.381. The van der Waals surface area contributed by atoms with Gasteiger partial charge in [-0.2, -0.15) is 0 Å². The number of thiophene rings is 1. The number of amides is 1. The van der Waals surface area contributed by atoms with Crippen molar-refractivity contribution < 1.29 is 28.6 Å². The summed E-state index contributed by atoms with van der Waals surface area (Å²) in [5.74, 6) is -0.282. The van der Waals surface area contributed by atoms with Crippen LogP contribution < -0.4 is 4.74 Å². The zero-order chi connectivity index (χ0) is 20.8. The summed E-state index contributed by atoms with van der Waals surface area (Å²) in [5, 5.41) is 0. The van der Waals surface area contributed by atoms with Gasteiger partial charge in [-0.05, 0) is 36.8 Å². The summed E-state index contributed by atoms with van der Waals surface area (Å²) >= 11 is 1.25. The maximum atomic E-state index is 12.4. The van der Waals surface area contributed by atoms with E-state index in [9.17, 15) is 14.4 Å². The Morgan fingerprint density at radius 1 is 1.14 bits per heavy atom. The third-order valence-corrected chi connectivity index (χ3v) is 5.73. The quantitative estimate of drug-likeness (QED) is 0.509. The Labute approximate surface area is 173 Å². The van der Waals surface area contributed by atoms with Crippen LogP contribution in [0.3, 0.4) is 0 Å². The molecule has 0 radical (unpaired) electrons. The Morgan fingerprint density at radius 2 is 1.90 bits per heavy atom. The van der Waals surface area contributed by atoms with Crippen LogP contribution in [0.2, 0.25) is 0 Å². The topological polar surface area (TPSA) is 82.1 Å². The number of esters is 1. The van der Waals surface area contributed by atoms with Crippen LogP contribution in [0, 0.1) is 6.92 Å². The minimum atomic E-state index is -0.587. The number of carbonyl (C=O) groups excluding carboxylic acids is 3. The maximum absolute atomic E-state index is 12.4. The molecule has 0 spiro atoms. The minimum Gasteiger partial charge on any atom is -0.496 e. The normalized spacial score (nSPS) is 13.8. The van der Waals surface area contributed by atoms with Crippen LogP contribution in [0.25, 0.3) is 0 Å². The van der Waals surface area contributed by atoms with Crippen molar-refractivity contribution in [1.29, 1.82) is 0 Å².